The number of carbonyl (C=O) groups is 1. The normalized spacial score (nSPS) is 19.4. The predicted molar refractivity (Wildman–Crippen MR) is 91.3 cm³/mol. The molecule has 3 N–H and O–H groups in total. The van der Waals surface area contributed by atoms with Gasteiger partial charge in [0.05, 0.1) is 11.0 Å². The first-order chi connectivity index (χ1) is 11.1. The molecule has 2 rings (SSSR count). The van der Waals surface area contributed by atoms with Gasteiger partial charge in [0.2, 0.25) is 5.91 Å². The summed E-state index contributed by atoms with van der Waals surface area (Å²) < 4.78 is 29.6. The summed E-state index contributed by atoms with van der Waals surface area (Å²) >= 11 is 0. The highest BCUT2D eigenvalue weighted by Crippen LogP contribution is 2.10. The van der Waals surface area contributed by atoms with E-state index in [9.17, 15) is 18.3 Å². The highest BCUT2D eigenvalue weighted by atomic mass is 32.2. The monoisotopic (exact) mass is 356 g/mol. The number of rotatable bonds is 2. The fraction of sp³-hybridized carbons (Fsp3) is 0.438. The molecule has 1 heterocycles. The van der Waals surface area contributed by atoms with Crippen LogP contribution in [0.5, 0.6) is 0 Å². The number of likely N-dealkylation sites (N-methyl/N-ethyl adjacent to an activating group) is 1. The van der Waals surface area contributed by atoms with Crippen molar-refractivity contribution in [1.29, 1.82) is 0 Å². The van der Waals surface area contributed by atoms with Gasteiger partial charge >= 0.3 is 0 Å². The van der Waals surface area contributed by atoms with Crippen molar-refractivity contribution in [3.8, 4) is 0 Å². The quantitative estimate of drug-likeness (QED) is 0.529. The zero-order valence-electron chi connectivity index (χ0n) is 14.1. The Kier molecular flexibility index (Phi) is 7.56. The molecule has 0 aliphatic carbocycles. The van der Waals surface area contributed by atoms with Crippen molar-refractivity contribution in [2.24, 2.45) is 0 Å². The van der Waals surface area contributed by atoms with Gasteiger partial charge in [0, 0.05) is 26.7 Å². The minimum Gasteiger partial charge on any atom is -0.389 e. The number of benzene rings is 1. The number of amides is 1. The average molecular weight is 356 g/mol. The molecule has 1 aromatic rings. The first-order valence-electron chi connectivity index (χ1n) is 7.46. The molecule has 1 aliphatic heterocycles. The van der Waals surface area contributed by atoms with Crippen LogP contribution in [0.15, 0.2) is 40.8 Å². The molecule has 1 amide bonds. The van der Waals surface area contributed by atoms with E-state index in [4.69, 9.17) is 4.55 Å². The fourth-order valence-corrected chi connectivity index (χ4v) is 2.40. The van der Waals surface area contributed by atoms with Crippen LogP contribution in [0.3, 0.4) is 0 Å². The number of hydrogen-bond donors (Lipinski definition) is 3. The fourth-order valence-electron chi connectivity index (χ4n) is 1.92. The van der Waals surface area contributed by atoms with Gasteiger partial charge in [0.15, 0.2) is 0 Å². The van der Waals surface area contributed by atoms with Crippen molar-refractivity contribution in [2.45, 2.75) is 24.3 Å². The maximum Gasteiger partial charge on any atom is 0.294 e. The molecule has 134 valence electrons. The topological polar surface area (TPSA) is 107 Å². The van der Waals surface area contributed by atoms with E-state index in [1.54, 1.807) is 26.2 Å². The second-order valence-electron chi connectivity index (χ2n) is 5.72. The first-order valence-corrected chi connectivity index (χ1v) is 8.90. The van der Waals surface area contributed by atoms with Crippen molar-refractivity contribution in [3.05, 3.63) is 41.5 Å². The standard InChI is InChI=1S/C9H16N2O2.C7H8O3S/c1-11(2)9(13)5-7-6-10-4-3-8(7)12;1-6-2-4-7(5-3-6)11(8,9)10/h5,8,10,12H,3-4,6H2,1-2H3;2-5H,1H3,(H,8,9,10)/b7-5+;. The Morgan fingerprint density at radius 3 is 2.33 bits per heavy atom. The second-order valence-corrected chi connectivity index (χ2v) is 7.14. The summed E-state index contributed by atoms with van der Waals surface area (Å²) in [6, 6.07) is 5.99. The molecule has 7 nitrogen and oxygen atoms in total. The number of aliphatic hydroxyl groups excluding tert-OH is 1. The lowest BCUT2D eigenvalue weighted by Gasteiger charge is -2.22. The summed E-state index contributed by atoms with van der Waals surface area (Å²) in [6.45, 7) is 3.27. The van der Waals surface area contributed by atoms with E-state index in [0.29, 0.717) is 13.0 Å². The van der Waals surface area contributed by atoms with Gasteiger partial charge in [0.25, 0.3) is 10.1 Å². The van der Waals surface area contributed by atoms with Gasteiger partial charge in [-0.2, -0.15) is 8.42 Å². The number of aliphatic hydroxyl groups is 1. The summed E-state index contributed by atoms with van der Waals surface area (Å²) in [6.07, 6.45) is 1.74. The van der Waals surface area contributed by atoms with E-state index < -0.39 is 16.2 Å². The molecule has 0 aromatic heterocycles. The van der Waals surface area contributed by atoms with Crippen LogP contribution in [-0.4, -0.2) is 62.2 Å². The van der Waals surface area contributed by atoms with Gasteiger partial charge in [-0.3, -0.25) is 9.35 Å². The van der Waals surface area contributed by atoms with Gasteiger partial charge in [0.1, 0.15) is 0 Å². The molecular formula is C16H24N2O5S. The first kappa shape index (κ1) is 20.3. The SMILES string of the molecule is CN(C)C(=O)/C=C1\CNCCC1O.Cc1ccc(S(=O)(=O)O)cc1. The molecule has 1 fully saturated rings. The lowest BCUT2D eigenvalue weighted by Crippen LogP contribution is -2.34. The Morgan fingerprint density at radius 1 is 1.29 bits per heavy atom. The highest BCUT2D eigenvalue weighted by molar-refractivity contribution is 7.85. The van der Waals surface area contributed by atoms with E-state index in [1.165, 1.54) is 23.1 Å². The van der Waals surface area contributed by atoms with Gasteiger partial charge in [-0.05, 0) is 37.6 Å². The van der Waals surface area contributed by atoms with Crippen LogP contribution >= 0.6 is 0 Å². The van der Waals surface area contributed by atoms with Crippen LogP contribution in [0, 0.1) is 6.92 Å². The molecule has 24 heavy (non-hydrogen) atoms. The van der Waals surface area contributed by atoms with E-state index in [0.717, 1.165) is 17.7 Å². The average Bonchev–Trinajstić information content (AvgIpc) is 2.49. The molecular weight excluding hydrogens is 332 g/mol. The molecule has 1 atom stereocenters. The van der Waals surface area contributed by atoms with Crippen molar-refractivity contribution in [3.63, 3.8) is 0 Å². The van der Waals surface area contributed by atoms with Crippen LogP contribution in [0.4, 0.5) is 0 Å². The number of aryl methyl sites for hydroxylation is 1. The van der Waals surface area contributed by atoms with E-state index >= 15 is 0 Å². The van der Waals surface area contributed by atoms with Crippen molar-refractivity contribution in [2.75, 3.05) is 27.2 Å². The molecule has 8 heteroatoms. The summed E-state index contributed by atoms with van der Waals surface area (Å²) in [5.74, 6) is -0.0715. The third kappa shape index (κ3) is 6.79. The number of nitrogens with one attached hydrogen (secondary N) is 1. The summed E-state index contributed by atoms with van der Waals surface area (Å²) in [4.78, 5) is 12.7. The molecule has 0 saturated carbocycles. The summed E-state index contributed by atoms with van der Waals surface area (Å²) in [7, 11) is -0.627. The Hall–Kier alpha value is -1.74. The zero-order chi connectivity index (χ0) is 18.3. The smallest absolute Gasteiger partial charge is 0.294 e. The second kappa shape index (κ2) is 8.93. The highest BCUT2D eigenvalue weighted by Gasteiger charge is 2.16. The number of hydrogen-bond acceptors (Lipinski definition) is 5. The van der Waals surface area contributed by atoms with Gasteiger partial charge in [-0.25, -0.2) is 0 Å². The lowest BCUT2D eigenvalue weighted by atomic mass is 10.0. The van der Waals surface area contributed by atoms with Gasteiger partial charge < -0.3 is 15.3 Å². The Bertz CT molecular complexity index is 681. The molecule has 1 aromatic carbocycles. The van der Waals surface area contributed by atoms with Crippen LogP contribution in [0.2, 0.25) is 0 Å². The molecule has 1 saturated heterocycles. The van der Waals surface area contributed by atoms with Gasteiger partial charge in [-0.1, -0.05) is 17.7 Å². The molecule has 1 unspecified atom stereocenters. The minimum absolute atomic E-state index is 0.0666. The number of carbonyl (C=O) groups excluding carboxylic acids is 1. The lowest BCUT2D eigenvalue weighted by molar-refractivity contribution is -0.123. The van der Waals surface area contributed by atoms with Crippen molar-refractivity contribution >= 4 is 16.0 Å². The number of nitrogens with zero attached hydrogens (tertiary/aromatic N) is 1. The summed E-state index contributed by atoms with van der Waals surface area (Å²) in [5, 5.41) is 12.6. The molecule has 0 bridgehead atoms. The van der Waals surface area contributed by atoms with Gasteiger partial charge in [-0.15, -0.1) is 0 Å². The minimum atomic E-state index is -4.02. The van der Waals surface area contributed by atoms with E-state index in [1.807, 2.05) is 6.92 Å². The molecule has 1 aliphatic rings. The number of piperidine rings is 1. The van der Waals surface area contributed by atoms with E-state index in [-0.39, 0.29) is 10.8 Å². The Balaban J connectivity index is 0.000000243. The molecule has 0 spiro atoms. The maximum atomic E-state index is 11.3. The summed E-state index contributed by atoms with van der Waals surface area (Å²) in [5.41, 5.74) is 1.74. The maximum absolute atomic E-state index is 11.3. The van der Waals surface area contributed by atoms with Crippen LogP contribution in [0.1, 0.15) is 12.0 Å². The van der Waals surface area contributed by atoms with Crippen molar-refractivity contribution in [1.82, 2.24) is 10.2 Å². The Morgan fingerprint density at radius 2 is 1.88 bits per heavy atom. The van der Waals surface area contributed by atoms with Crippen molar-refractivity contribution < 1.29 is 22.9 Å². The molecule has 0 radical (unpaired) electrons. The zero-order valence-corrected chi connectivity index (χ0v) is 14.9. The van der Waals surface area contributed by atoms with Crippen LogP contribution in [-0.2, 0) is 14.9 Å². The van der Waals surface area contributed by atoms with Crippen LogP contribution < -0.4 is 5.32 Å². The largest absolute Gasteiger partial charge is 0.389 e. The third-order valence-corrected chi connectivity index (χ3v) is 4.29. The Labute approximate surface area is 142 Å². The predicted octanol–water partition coefficient (Wildman–Crippen LogP) is 0.597. The van der Waals surface area contributed by atoms with E-state index in [2.05, 4.69) is 5.32 Å². The third-order valence-electron chi connectivity index (χ3n) is 3.42. The van der Waals surface area contributed by atoms with Crippen LogP contribution in [0.25, 0.3) is 0 Å².